The standard InChI is InChI=1S/C16H30N2O3/c1-15(2,3)18-13(19)11-7-9-12(10-8-11)17-14(20)21-16(4,5)6/h11-12H,7-10H2,1-6H3,(H,17,20)(H,18,19). The van der Waals surface area contributed by atoms with E-state index >= 15 is 0 Å². The number of ether oxygens (including phenoxy) is 1. The number of alkyl carbamates (subject to hydrolysis) is 1. The van der Waals surface area contributed by atoms with Crippen molar-refractivity contribution in [1.29, 1.82) is 0 Å². The molecular formula is C16H30N2O3. The van der Waals surface area contributed by atoms with Gasteiger partial charge in [-0.3, -0.25) is 4.79 Å². The molecule has 122 valence electrons. The van der Waals surface area contributed by atoms with Crippen LogP contribution < -0.4 is 10.6 Å². The summed E-state index contributed by atoms with van der Waals surface area (Å²) in [5.74, 6) is 0.180. The van der Waals surface area contributed by atoms with Crippen molar-refractivity contribution in [2.24, 2.45) is 5.92 Å². The van der Waals surface area contributed by atoms with Crippen molar-refractivity contribution in [3.8, 4) is 0 Å². The van der Waals surface area contributed by atoms with Gasteiger partial charge in [-0.05, 0) is 67.2 Å². The van der Waals surface area contributed by atoms with Gasteiger partial charge in [0.25, 0.3) is 0 Å². The number of hydrogen-bond acceptors (Lipinski definition) is 3. The van der Waals surface area contributed by atoms with Gasteiger partial charge in [-0.1, -0.05) is 0 Å². The van der Waals surface area contributed by atoms with E-state index in [0.29, 0.717) is 0 Å². The van der Waals surface area contributed by atoms with E-state index in [1.807, 2.05) is 41.5 Å². The van der Waals surface area contributed by atoms with E-state index in [-0.39, 0.29) is 29.5 Å². The van der Waals surface area contributed by atoms with Crippen molar-refractivity contribution in [2.75, 3.05) is 0 Å². The number of carbonyl (C=O) groups is 2. The van der Waals surface area contributed by atoms with Crippen molar-refractivity contribution in [2.45, 2.75) is 84.4 Å². The number of hydrogen-bond donors (Lipinski definition) is 2. The van der Waals surface area contributed by atoms with Crippen LogP contribution in [0, 0.1) is 5.92 Å². The zero-order valence-electron chi connectivity index (χ0n) is 14.2. The SMILES string of the molecule is CC(C)(C)NC(=O)C1CCC(NC(=O)OC(C)(C)C)CC1. The summed E-state index contributed by atoms with van der Waals surface area (Å²) in [5, 5.41) is 5.91. The molecular weight excluding hydrogens is 268 g/mol. The van der Waals surface area contributed by atoms with E-state index in [9.17, 15) is 9.59 Å². The molecule has 1 aliphatic rings. The van der Waals surface area contributed by atoms with Crippen LogP contribution in [0.4, 0.5) is 4.79 Å². The minimum atomic E-state index is -0.478. The first-order chi connectivity index (χ1) is 9.46. The lowest BCUT2D eigenvalue weighted by Crippen LogP contribution is -2.46. The quantitative estimate of drug-likeness (QED) is 0.823. The van der Waals surface area contributed by atoms with Gasteiger partial charge in [0.1, 0.15) is 5.60 Å². The molecule has 0 aromatic rings. The summed E-state index contributed by atoms with van der Waals surface area (Å²) in [6, 6.07) is 0.110. The minimum Gasteiger partial charge on any atom is -0.444 e. The van der Waals surface area contributed by atoms with Crippen LogP contribution in [0.25, 0.3) is 0 Å². The zero-order chi connectivity index (χ0) is 16.3. The number of carbonyl (C=O) groups excluding carboxylic acids is 2. The molecule has 1 fully saturated rings. The van der Waals surface area contributed by atoms with Crippen LogP contribution in [-0.2, 0) is 9.53 Å². The summed E-state index contributed by atoms with van der Waals surface area (Å²) in [6.07, 6.45) is 2.89. The normalized spacial score (nSPS) is 23.3. The number of rotatable bonds is 2. The molecule has 5 nitrogen and oxygen atoms in total. The maximum absolute atomic E-state index is 12.1. The maximum Gasteiger partial charge on any atom is 0.407 e. The first-order valence-corrected chi connectivity index (χ1v) is 7.78. The second kappa shape index (κ2) is 6.67. The molecule has 0 bridgehead atoms. The van der Waals surface area contributed by atoms with Crippen LogP contribution in [0.1, 0.15) is 67.2 Å². The van der Waals surface area contributed by atoms with Gasteiger partial charge in [-0.25, -0.2) is 4.79 Å². The molecule has 21 heavy (non-hydrogen) atoms. The molecule has 0 heterocycles. The lowest BCUT2D eigenvalue weighted by molar-refractivity contribution is -0.127. The van der Waals surface area contributed by atoms with Gasteiger partial charge >= 0.3 is 6.09 Å². The van der Waals surface area contributed by atoms with Gasteiger partial charge in [0.15, 0.2) is 0 Å². The molecule has 1 rings (SSSR count). The summed E-state index contributed by atoms with van der Waals surface area (Å²) in [6.45, 7) is 11.5. The van der Waals surface area contributed by atoms with Gasteiger partial charge in [-0.2, -0.15) is 0 Å². The molecule has 0 aliphatic heterocycles. The van der Waals surface area contributed by atoms with Gasteiger partial charge in [0.05, 0.1) is 0 Å². The van der Waals surface area contributed by atoms with Crippen LogP contribution in [0.5, 0.6) is 0 Å². The molecule has 1 saturated carbocycles. The van der Waals surface area contributed by atoms with E-state index < -0.39 is 5.60 Å². The van der Waals surface area contributed by atoms with Crippen molar-refractivity contribution in [3.63, 3.8) is 0 Å². The highest BCUT2D eigenvalue weighted by Gasteiger charge is 2.29. The Bertz CT molecular complexity index is 372. The molecule has 0 unspecified atom stereocenters. The summed E-state index contributed by atoms with van der Waals surface area (Å²) in [4.78, 5) is 23.8. The van der Waals surface area contributed by atoms with Crippen LogP contribution in [0.3, 0.4) is 0 Å². The summed E-state index contributed by atoms with van der Waals surface area (Å²) < 4.78 is 5.25. The molecule has 1 aliphatic carbocycles. The highest BCUT2D eigenvalue weighted by atomic mass is 16.6. The van der Waals surface area contributed by atoms with Crippen molar-refractivity contribution in [1.82, 2.24) is 10.6 Å². The molecule has 0 radical (unpaired) electrons. The van der Waals surface area contributed by atoms with Gasteiger partial charge in [0.2, 0.25) is 5.91 Å². The lowest BCUT2D eigenvalue weighted by Gasteiger charge is -2.31. The maximum atomic E-state index is 12.1. The van der Waals surface area contributed by atoms with Gasteiger partial charge < -0.3 is 15.4 Å². The fourth-order valence-corrected chi connectivity index (χ4v) is 2.45. The first kappa shape index (κ1) is 17.8. The molecule has 0 spiro atoms. The van der Waals surface area contributed by atoms with E-state index in [1.54, 1.807) is 0 Å². The van der Waals surface area contributed by atoms with E-state index in [0.717, 1.165) is 25.7 Å². The van der Waals surface area contributed by atoms with Crippen LogP contribution in [-0.4, -0.2) is 29.2 Å². The number of nitrogens with one attached hydrogen (secondary N) is 2. The van der Waals surface area contributed by atoms with E-state index in [1.165, 1.54) is 0 Å². The fourth-order valence-electron chi connectivity index (χ4n) is 2.45. The van der Waals surface area contributed by atoms with Gasteiger partial charge in [0, 0.05) is 17.5 Å². The second-order valence-corrected chi connectivity index (χ2v) is 7.93. The third-order valence-corrected chi connectivity index (χ3v) is 3.32. The Hall–Kier alpha value is -1.26. The van der Waals surface area contributed by atoms with Crippen molar-refractivity contribution < 1.29 is 14.3 Å². The fraction of sp³-hybridized carbons (Fsp3) is 0.875. The monoisotopic (exact) mass is 298 g/mol. The predicted octanol–water partition coefficient (Wildman–Crippen LogP) is 2.98. The van der Waals surface area contributed by atoms with E-state index in [2.05, 4.69) is 10.6 Å². The Labute approximate surface area is 128 Å². The molecule has 2 amide bonds. The van der Waals surface area contributed by atoms with Crippen LogP contribution in [0.15, 0.2) is 0 Å². The van der Waals surface area contributed by atoms with Crippen molar-refractivity contribution >= 4 is 12.0 Å². The molecule has 0 saturated heterocycles. The Kier molecular flexibility index (Phi) is 5.65. The highest BCUT2D eigenvalue weighted by Crippen LogP contribution is 2.25. The Balaban J connectivity index is 2.35. The summed E-state index contributed by atoms with van der Waals surface area (Å²) in [7, 11) is 0. The molecule has 5 heteroatoms. The topological polar surface area (TPSA) is 67.4 Å². The Morgan fingerprint density at radius 1 is 0.952 bits per heavy atom. The summed E-state index contributed by atoms with van der Waals surface area (Å²) >= 11 is 0. The average molecular weight is 298 g/mol. The minimum absolute atomic E-state index is 0.0564. The van der Waals surface area contributed by atoms with Crippen LogP contribution in [0.2, 0.25) is 0 Å². The zero-order valence-corrected chi connectivity index (χ0v) is 14.2. The lowest BCUT2D eigenvalue weighted by atomic mass is 9.85. The predicted molar refractivity (Wildman–Crippen MR) is 83.0 cm³/mol. The molecule has 0 atom stereocenters. The average Bonchev–Trinajstić information content (AvgIpc) is 2.24. The van der Waals surface area contributed by atoms with Crippen LogP contribution >= 0.6 is 0 Å². The van der Waals surface area contributed by atoms with Gasteiger partial charge in [-0.15, -0.1) is 0 Å². The number of amides is 2. The molecule has 0 aromatic carbocycles. The highest BCUT2D eigenvalue weighted by molar-refractivity contribution is 5.79. The smallest absolute Gasteiger partial charge is 0.407 e. The summed E-state index contributed by atoms with van der Waals surface area (Å²) in [5.41, 5.74) is -0.670. The van der Waals surface area contributed by atoms with E-state index in [4.69, 9.17) is 4.74 Å². The second-order valence-electron chi connectivity index (χ2n) is 7.93. The first-order valence-electron chi connectivity index (χ1n) is 7.78. The third-order valence-electron chi connectivity index (χ3n) is 3.32. The molecule has 0 aromatic heterocycles. The molecule has 2 N–H and O–H groups in total. The van der Waals surface area contributed by atoms with Crippen molar-refractivity contribution in [3.05, 3.63) is 0 Å². The Morgan fingerprint density at radius 3 is 1.90 bits per heavy atom. The Morgan fingerprint density at radius 2 is 1.48 bits per heavy atom. The largest absolute Gasteiger partial charge is 0.444 e. The third kappa shape index (κ3) is 7.34.